The molecule has 0 radical (unpaired) electrons. The van der Waals surface area contributed by atoms with Crippen LogP contribution in [0.1, 0.15) is 16.3 Å². The molecule has 18 heavy (non-hydrogen) atoms. The van der Waals surface area contributed by atoms with Crippen molar-refractivity contribution < 1.29 is 4.39 Å². The van der Waals surface area contributed by atoms with Crippen LogP contribution in [0.3, 0.4) is 0 Å². The van der Waals surface area contributed by atoms with Crippen LogP contribution >= 0.6 is 11.3 Å². The Morgan fingerprint density at radius 1 is 1.28 bits per heavy atom. The normalized spacial score (nSPS) is 11.2. The van der Waals surface area contributed by atoms with Gasteiger partial charge in [0.2, 0.25) is 4.96 Å². The summed E-state index contributed by atoms with van der Waals surface area (Å²) >= 11 is 1.52. The molecule has 2 N–H and O–H groups in total. The third-order valence-electron chi connectivity index (χ3n) is 2.61. The van der Waals surface area contributed by atoms with Gasteiger partial charge in [0.05, 0.1) is 11.9 Å². The molecular weight excluding hydrogens is 251 g/mol. The fraction of sp³-hybridized carbons (Fsp3) is 0.167. The summed E-state index contributed by atoms with van der Waals surface area (Å²) in [5.41, 5.74) is 7.38. The lowest BCUT2D eigenvalue weighted by Crippen LogP contribution is -1.96. The maximum absolute atomic E-state index is 12.8. The van der Waals surface area contributed by atoms with Crippen molar-refractivity contribution in [3.8, 4) is 0 Å². The van der Waals surface area contributed by atoms with Crippen molar-refractivity contribution in [2.24, 2.45) is 5.73 Å². The summed E-state index contributed by atoms with van der Waals surface area (Å²) in [5, 5.41) is 5.37. The predicted molar refractivity (Wildman–Crippen MR) is 68.0 cm³/mol. The Morgan fingerprint density at radius 3 is 2.72 bits per heavy atom. The molecule has 2 aromatic heterocycles. The Bertz CT molecular complexity index is 640. The summed E-state index contributed by atoms with van der Waals surface area (Å²) in [5.74, 6) is -0.222. The number of rotatable bonds is 3. The zero-order valence-corrected chi connectivity index (χ0v) is 10.3. The zero-order valence-electron chi connectivity index (χ0n) is 9.51. The van der Waals surface area contributed by atoms with E-state index in [1.807, 2.05) is 6.20 Å². The van der Waals surface area contributed by atoms with E-state index in [-0.39, 0.29) is 5.82 Å². The molecule has 0 atom stereocenters. The van der Waals surface area contributed by atoms with Gasteiger partial charge in [0.25, 0.3) is 0 Å². The lowest BCUT2D eigenvalue weighted by atomic mass is 10.2. The molecule has 0 aliphatic carbocycles. The van der Waals surface area contributed by atoms with Gasteiger partial charge in [-0.25, -0.2) is 13.9 Å². The molecule has 92 valence electrons. The third kappa shape index (κ3) is 2.12. The average Bonchev–Trinajstić information content (AvgIpc) is 2.89. The first-order chi connectivity index (χ1) is 8.74. The number of halogens is 1. The first-order valence-electron chi connectivity index (χ1n) is 5.53. The number of fused-ring (bicyclic) bond motifs is 1. The SMILES string of the molecule is NCc1cn2nc(Cc3ccc(F)cc3)sc2n1. The van der Waals surface area contributed by atoms with Crippen LogP contribution in [0, 0.1) is 5.82 Å². The van der Waals surface area contributed by atoms with Crippen LogP contribution in [-0.4, -0.2) is 14.6 Å². The summed E-state index contributed by atoms with van der Waals surface area (Å²) in [7, 11) is 0. The van der Waals surface area contributed by atoms with E-state index in [1.165, 1.54) is 23.5 Å². The molecule has 4 nitrogen and oxygen atoms in total. The van der Waals surface area contributed by atoms with Gasteiger partial charge in [-0.2, -0.15) is 5.10 Å². The highest BCUT2D eigenvalue weighted by atomic mass is 32.1. The number of imidazole rings is 1. The molecule has 6 heteroatoms. The fourth-order valence-corrected chi connectivity index (χ4v) is 2.66. The van der Waals surface area contributed by atoms with Crippen molar-refractivity contribution in [1.82, 2.24) is 14.6 Å². The van der Waals surface area contributed by atoms with Gasteiger partial charge in [-0.1, -0.05) is 23.5 Å². The second-order valence-electron chi connectivity index (χ2n) is 3.96. The summed E-state index contributed by atoms with van der Waals surface area (Å²) in [6.45, 7) is 0.420. The molecule has 0 unspecified atom stereocenters. The number of hydrogen-bond donors (Lipinski definition) is 1. The Kier molecular flexibility index (Phi) is 2.81. The average molecular weight is 262 g/mol. The summed E-state index contributed by atoms with van der Waals surface area (Å²) in [6, 6.07) is 6.46. The molecule has 0 fully saturated rings. The topological polar surface area (TPSA) is 56.2 Å². The molecule has 0 spiro atoms. The highest BCUT2D eigenvalue weighted by Crippen LogP contribution is 2.18. The highest BCUT2D eigenvalue weighted by Gasteiger charge is 2.08. The van der Waals surface area contributed by atoms with E-state index in [0.717, 1.165) is 21.2 Å². The van der Waals surface area contributed by atoms with Crippen molar-refractivity contribution in [2.45, 2.75) is 13.0 Å². The van der Waals surface area contributed by atoms with Crippen molar-refractivity contribution in [2.75, 3.05) is 0 Å². The molecule has 1 aromatic carbocycles. The lowest BCUT2D eigenvalue weighted by Gasteiger charge is -1.96. The van der Waals surface area contributed by atoms with Crippen LogP contribution in [0.4, 0.5) is 4.39 Å². The smallest absolute Gasteiger partial charge is 0.212 e. The minimum atomic E-state index is -0.222. The van der Waals surface area contributed by atoms with Crippen LogP contribution in [0.25, 0.3) is 4.96 Å². The summed E-state index contributed by atoms with van der Waals surface area (Å²) in [4.78, 5) is 5.18. The van der Waals surface area contributed by atoms with E-state index in [9.17, 15) is 4.39 Å². The molecule has 0 aliphatic rings. The van der Waals surface area contributed by atoms with Crippen LogP contribution < -0.4 is 5.73 Å². The molecule has 0 bridgehead atoms. The van der Waals surface area contributed by atoms with E-state index in [4.69, 9.17) is 5.73 Å². The second-order valence-corrected chi connectivity index (χ2v) is 5.00. The Labute approximate surface area is 107 Å². The molecule has 0 aliphatic heterocycles. The van der Waals surface area contributed by atoms with Gasteiger partial charge in [0, 0.05) is 13.0 Å². The molecule has 0 saturated carbocycles. The maximum atomic E-state index is 12.8. The predicted octanol–water partition coefficient (Wildman–Crippen LogP) is 1.98. The van der Waals surface area contributed by atoms with Gasteiger partial charge in [-0.3, -0.25) is 0 Å². The largest absolute Gasteiger partial charge is 0.325 e. The Hall–Kier alpha value is -1.79. The number of nitrogens with zero attached hydrogens (tertiary/aromatic N) is 3. The lowest BCUT2D eigenvalue weighted by molar-refractivity contribution is 0.627. The van der Waals surface area contributed by atoms with Crippen molar-refractivity contribution in [3.63, 3.8) is 0 Å². The van der Waals surface area contributed by atoms with Gasteiger partial charge in [0.15, 0.2) is 0 Å². The molecule has 0 saturated heterocycles. The van der Waals surface area contributed by atoms with Crippen LogP contribution in [0.5, 0.6) is 0 Å². The minimum Gasteiger partial charge on any atom is -0.325 e. The maximum Gasteiger partial charge on any atom is 0.212 e. The van der Waals surface area contributed by atoms with Crippen LogP contribution in [-0.2, 0) is 13.0 Å². The number of nitrogens with two attached hydrogens (primary N) is 1. The molecule has 0 amide bonds. The minimum absolute atomic E-state index is 0.222. The van der Waals surface area contributed by atoms with Gasteiger partial charge in [-0.05, 0) is 17.7 Å². The third-order valence-corrected chi connectivity index (χ3v) is 3.54. The van der Waals surface area contributed by atoms with Gasteiger partial charge in [0.1, 0.15) is 10.8 Å². The quantitative estimate of drug-likeness (QED) is 0.785. The highest BCUT2D eigenvalue weighted by molar-refractivity contribution is 7.16. The van der Waals surface area contributed by atoms with Gasteiger partial charge < -0.3 is 5.73 Å². The van der Waals surface area contributed by atoms with E-state index in [1.54, 1.807) is 16.6 Å². The second kappa shape index (κ2) is 4.47. The van der Waals surface area contributed by atoms with Crippen molar-refractivity contribution in [3.05, 3.63) is 52.5 Å². The van der Waals surface area contributed by atoms with E-state index < -0.39 is 0 Å². The monoisotopic (exact) mass is 262 g/mol. The summed E-state index contributed by atoms with van der Waals surface area (Å²) in [6.07, 6.45) is 2.52. The van der Waals surface area contributed by atoms with Gasteiger partial charge in [-0.15, -0.1) is 0 Å². The number of aromatic nitrogens is 3. The van der Waals surface area contributed by atoms with E-state index in [2.05, 4.69) is 10.1 Å². The van der Waals surface area contributed by atoms with E-state index >= 15 is 0 Å². The number of hydrogen-bond acceptors (Lipinski definition) is 4. The molecular formula is C12H11FN4S. The Balaban J connectivity index is 1.86. The van der Waals surface area contributed by atoms with E-state index in [0.29, 0.717) is 13.0 Å². The molecule has 3 rings (SSSR count). The standard InChI is InChI=1S/C12H11FN4S/c13-9-3-1-8(2-4-9)5-11-16-17-7-10(6-14)15-12(17)18-11/h1-4,7H,5-6,14H2. The first-order valence-corrected chi connectivity index (χ1v) is 6.35. The molecule has 2 heterocycles. The Morgan fingerprint density at radius 2 is 2.06 bits per heavy atom. The van der Waals surface area contributed by atoms with Crippen LogP contribution in [0.2, 0.25) is 0 Å². The molecule has 3 aromatic rings. The van der Waals surface area contributed by atoms with Crippen molar-refractivity contribution in [1.29, 1.82) is 0 Å². The van der Waals surface area contributed by atoms with Crippen molar-refractivity contribution >= 4 is 16.3 Å². The fourth-order valence-electron chi connectivity index (χ4n) is 1.73. The number of benzene rings is 1. The van der Waals surface area contributed by atoms with Gasteiger partial charge >= 0.3 is 0 Å². The van der Waals surface area contributed by atoms with Crippen LogP contribution in [0.15, 0.2) is 30.5 Å². The summed E-state index contributed by atoms with van der Waals surface area (Å²) < 4.78 is 14.5. The zero-order chi connectivity index (χ0) is 12.5. The first kappa shape index (κ1) is 11.3.